The van der Waals surface area contributed by atoms with Crippen molar-refractivity contribution in [1.82, 2.24) is 20.2 Å². The molecule has 0 atom stereocenters. The van der Waals surface area contributed by atoms with Gasteiger partial charge in [-0.3, -0.25) is 0 Å². The summed E-state index contributed by atoms with van der Waals surface area (Å²) in [7, 11) is 2.19. The highest BCUT2D eigenvalue weighted by molar-refractivity contribution is 4.94. The fourth-order valence-corrected chi connectivity index (χ4v) is 3.14. The van der Waals surface area contributed by atoms with Crippen molar-refractivity contribution in [2.75, 3.05) is 59.4 Å². The Hall–Kier alpha value is -0.200. The number of nitrogens with zero attached hydrogens (tertiary/aromatic N) is 3. The molecule has 0 spiro atoms. The lowest BCUT2D eigenvalue weighted by Gasteiger charge is -2.46. The number of hydrogen-bond donors (Lipinski definition) is 2. The molecule has 0 bridgehead atoms. The zero-order valence-corrected chi connectivity index (χ0v) is 12.7. The molecule has 0 unspecified atom stereocenters. The molecule has 2 aliphatic rings. The van der Waals surface area contributed by atoms with Gasteiger partial charge in [0.2, 0.25) is 0 Å². The Kier molecular flexibility index (Phi) is 5.59. The quantitative estimate of drug-likeness (QED) is 0.732. The van der Waals surface area contributed by atoms with Gasteiger partial charge >= 0.3 is 0 Å². The molecule has 112 valence electrons. The van der Waals surface area contributed by atoms with Gasteiger partial charge in [-0.05, 0) is 45.9 Å². The number of likely N-dealkylation sites (tertiary alicyclic amines) is 1. The van der Waals surface area contributed by atoms with Crippen LogP contribution in [-0.4, -0.2) is 79.8 Å². The van der Waals surface area contributed by atoms with Crippen molar-refractivity contribution in [3.05, 3.63) is 0 Å². The predicted octanol–water partition coefficient (Wildman–Crippen LogP) is -0.0583. The second-order valence-electron chi connectivity index (χ2n) is 6.23. The second kappa shape index (κ2) is 6.99. The van der Waals surface area contributed by atoms with E-state index in [0.717, 1.165) is 32.7 Å². The van der Waals surface area contributed by atoms with Gasteiger partial charge in [0.05, 0.1) is 0 Å². The molecule has 5 heteroatoms. The van der Waals surface area contributed by atoms with Crippen LogP contribution in [0.15, 0.2) is 0 Å². The van der Waals surface area contributed by atoms with Crippen LogP contribution in [0.1, 0.15) is 26.2 Å². The molecule has 19 heavy (non-hydrogen) atoms. The monoisotopic (exact) mass is 269 g/mol. The Morgan fingerprint density at radius 3 is 2.21 bits per heavy atom. The molecule has 2 saturated heterocycles. The summed E-state index contributed by atoms with van der Waals surface area (Å²) in [6, 6.07) is 0. The topological polar surface area (TPSA) is 47.8 Å². The number of likely N-dealkylation sites (N-methyl/N-ethyl adjacent to an activating group) is 1. The maximum atomic E-state index is 6.08. The van der Waals surface area contributed by atoms with E-state index in [1.807, 2.05) is 0 Å². The highest BCUT2D eigenvalue weighted by Crippen LogP contribution is 2.22. The van der Waals surface area contributed by atoms with Crippen LogP contribution in [0, 0.1) is 0 Å². The largest absolute Gasteiger partial charge is 0.329 e. The Morgan fingerprint density at radius 2 is 1.68 bits per heavy atom. The van der Waals surface area contributed by atoms with Crippen LogP contribution >= 0.6 is 0 Å². The number of hydrazine groups is 1. The fourth-order valence-electron chi connectivity index (χ4n) is 3.14. The van der Waals surface area contributed by atoms with Gasteiger partial charge < -0.3 is 15.5 Å². The first-order valence-electron chi connectivity index (χ1n) is 7.81. The van der Waals surface area contributed by atoms with Crippen LogP contribution < -0.4 is 11.2 Å². The number of nitrogens with two attached hydrogens (primary N) is 1. The van der Waals surface area contributed by atoms with Crippen molar-refractivity contribution >= 4 is 0 Å². The molecule has 2 heterocycles. The number of hydrogen-bond acceptors (Lipinski definition) is 5. The molecule has 2 fully saturated rings. The van der Waals surface area contributed by atoms with Gasteiger partial charge in [-0.15, -0.1) is 0 Å². The molecule has 2 aliphatic heterocycles. The fraction of sp³-hybridized carbons (Fsp3) is 1.00. The molecule has 0 saturated carbocycles. The minimum Gasteiger partial charge on any atom is -0.329 e. The van der Waals surface area contributed by atoms with E-state index in [0.29, 0.717) is 0 Å². The molecule has 3 N–H and O–H groups in total. The maximum Gasteiger partial charge on any atom is 0.0472 e. The predicted molar refractivity (Wildman–Crippen MR) is 80.0 cm³/mol. The summed E-state index contributed by atoms with van der Waals surface area (Å²) < 4.78 is 0. The number of piperidine rings is 1. The lowest BCUT2D eigenvalue weighted by Crippen LogP contribution is -2.65. The van der Waals surface area contributed by atoms with E-state index in [1.54, 1.807) is 0 Å². The van der Waals surface area contributed by atoms with Crippen LogP contribution in [0.25, 0.3) is 0 Å². The molecule has 5 nitrogen and oxygen atoms in total. The standard InChI is InChI=1S/C14H31N5/c1-3-6-18-7-4-14(13-15,5-8-18)16-19-11-9-17(2)10-12-19/h16H,3-13,15H2,1-2H3. The second-order valence-corrected chi connectivity index (χ2v) is 6.23. The van der Waals surface area contributed by atoms with Crippen molar-refractivity contribution in [3.63, 3.8) is 0 Å². The molecular formula is C14H31N5. The van der Waals surface area contributed by atoms with E-state index in [9.17, 15) is 0 Å². The van der Waals surface area contributed by atoms with Crippen LogP contribution in [0.5, 0.6) is 0 Å². The van der Waals surface area contributed by atoms with Gasteiger partial charge in [-0.2, -0.15) is 0 Å². The van der Waals surface area contributed by atoms with Gasteiger partial charge in [0, 0.05) is 38.3 Å². The van der Waals surface area contributed by atoms with Gasteiger partial charge in [0.25, 0.3) is 0 Å². The molecule has 0 amide bonds. The summed E-state index contributed by atoms with van der Waals surface area (Å²) in [4.78, 5) is 4.96. The van der Waals surface area contributed by atoms with Gasteiger partial charge in [-0.25, -0.2) is 10.4 Å². The maximum absolute atomic E-state index is 6.08. The number of nitrogens with one attached hydrogen (secondary N) is 1. The summed E-state index contributed by atoms with van der Waals surface area (Å²) in [5.74, 6) is 0. The first-order chi connectivity index (χ1) is 9.17. The third kappa shape index (κ3) is 4.13. The highest BCUT2D eigenvalue weighted by Gasteiger charge is 2.34. The lowest BCUT2D eigenvalue weighted by atomic mass is 9.88. The van der Waals surface area contributed by atoms with E-state index >= 15 is 0 Å². The summed E-state index contributed by atoms with van der Waals surface area (Å²) in [6.45, 7) is 11.1. The van der Waals surface area contributed by atoms with Crippen LogP contribution in [0.3, 0.4) is 0 Å². The van der Waals surface area contributed by atoms with E-state index in [4.69, 9.17) is 5.73 Å². The molecule has 0 aromatic rings. The molecule has 0 radical (unpaired) electrons. The summed E-state index contributed by atoms with van der Waals surface area (Å²) >= 11 is 0. The van der Waals surface area contributed by atoms with Crippen molar-refractivity contribution in [2.24, 2.45) is 5.73 Å². The van der Waals surface area contributed by atoms with Crippen LogP contribution in [-0.2, 0) is 0 Å². The molecule has 2 rings (SSSR count). The summed E-state index contributed by atoms with van der Waals surface area (Å²) in [5.41, 5.74) is 9.98. The highest BCUT2D eigenvalue weighted by atomic mass is 15.6. The van der Waals surface area contributed by atoms with Crippen LogP contribution in [0.4, 0.5) is 0 Å². The molecular weight excluding hydrogens is 238 g/mol. The summed E-state index contributed by atoms with van der Waals surface area (Å²) in [6.07, 6.45) is 3.60. The number of rotatable bonds is 5. The first-order valence-corrected chi connectivity index (χ1v) is 7.81. The van der Waals surface area contributed by atoms with E-state index in [-0.39, 0.29) is 5.54 Å². The zero-order valence-electron chi connectivity index (χ0n) is 12.7. The van der Waals surface area contributed by atoms with E-state index in [2.05, 4.69) is 34.2 Å². The van der Waals surface area contributed by atoms with Crippen molar-refractivity contribution in [3.8, 4) is 0 Å². The summed E-state index contributed by atoms with van der Waals surface area (Å²) in [5, 5.41) is 2.39. The third-order valence-corrected chi connectivity index (χ3v) is 4.64. The van der Waals surface area contributed by atoms with Crippen molar-refractivity contribution in [2.45, 2.75) is 31.7 Å². The Bertz CT molecular complexity index is 255. The van der Waals surface area contributed by atoms with Gasteiger partial charge in [0.1, 0.15) is 0 Å². The zero-order chi connectivity index (χ0) is 13.7. The first kappa shape index (κ1) is 15.2. The Morgan fingerprint density at radius 1 is 1.05 bits per heavy atom. The smallest absolute Gasteiger partial charge is 0.0472 e. The third-order valence-electron chi connectivity index (χ3n) is 4.64. The molecule has 0 aromatic carbocycles. The average Bonchev–Trinajstić information content (AvgIpc) is 2.44. The number of piperazine rings is 1. The molecule has 0 aromatic heterocycles. The SMILES string of the molecule is CCCN1CCC(CN)(NN2CCN(C)CC2)CC1. The van der Waals surface area contributed by atoms with E-state index < -0.39 is 0 Å². The van der Waals surface area contributed by atoms with Crippen molar-refractivity contribution in [1.29, 1.82) is 0 Å². The van der Waals surface area contributed by atoms with Gasteiger partial charge in [-0.1, -0.05) is 6.92 Å². The van der Waals surface area contributed by atoms with E-state index in [1.165, 1.54) is 38.9 Å². The molecule has 0 aliphatic carbocycles. The van der Waals surface area contributed by atoms with Crippen molar-refractivity contribution < 1.29 is 0 Å². The van der Waals surface area contributed by atoms with Gasteiger partial charge in [0.15, 0.2) is 0 Å². The lowest BCUT2D eigenvalue weighted by molar-refractivity contribution is 0.0241. The average molecular weight is 269 g/mol. The Labute approximate surface area is 118 Å². The minimum absolute atomic E-state index is 0.139. The normalized spacial score (nSPS) is 26.7. The van der Waals surface area contributed by atoms with Crippen LogP contribution in [0.2, 0.25) is 0 Å². The Balaban J connectivity index is 1.82. The minimum atomic E-state index is 0.139.